The smallest absolute Gasteiger partial charge is 0.255 e. The van der Waals surface area contributed by atoms with Crippen LogP contribution in [0, 0.1) is 0 Å². The van der Waals surface area contributed by atoms with Crippen LogP contribution in [0.4, 0.5) is 0 Å². The van der Waals surface area contributed by atoms with E-state index in [9.17, 15) is 4.79 Å². The standard InChI is InChI=1S/C12H16BrN3O2/c1-8(14)11-7-16(2-3-18-11)12(17)9-4-10(13)6-15-5-9/h4-6,8,11H,2-3,7,14H2,1H3. The highest BCUT2D eigenvalue weighted by Gasteiger charge is 2.27. The molecule has 1 aromatic rings. The van der Waals surface area contributed by atoms with Crippen LogP contribution in [0.15, 0.2) is 22.9 Å². The Balaban J connectivity index is 2.09. The molecule has 98 valence electrons. The number of nitrogens with two attached hydrogens (primary N) is 1. The van der Waals surface area contributed by atoms with Crippen molar-refractivity contribution in [1.29, 1.82) is 0 Å². The number of carbonyl (C=O) groups excluding carboxylic acids is 1. The maximum Gasteiger partial charge on any atom is 0.255 e. The second kappa shape index (κ2) is 5.77. The van der Waals surface area contributed by atoms with Gasteiger partial charge in [-0.2, -0.15) is 0 Å². The maximum absolute atomic E-state index is 12.3. The van der Waals surface area contributed by atoms with Crippen molar-refractivity contribution >= 4 is 21.8 Å². The third kappa shape index (κ3) is 3.07. The monoisotopic (exact) mass is 313 g/mol. The van der Waals surface area contributed by atoms with E-state index >= 15 is 0 Å². The summed E-state index contributed by atoms with van der Waals surface area (Å²) >= 11 is 3.31. The van der Waals surface area contributed by atoms with Crippen LogP contribution in [0.5, 0.6) is 0 Å². The molecule has 0 bridgehead atoms. The Kier molecular flexibility index (Phi) is 4.31. The minimum absolute atomic E-state index is 0.0299. The first-order valence-electron chi connectivity index (χ1n) is 5.85. The minimum atomic E-state index is -0.0946. The molecule has 2 unspecified atom stereocenters. The van der Waals surface area contributed by atoms with E-state index in [1.807, 2.05) is 6.92 Å². The number of nitrogens with zero attached hydrogens (tertiary/aromatic N) is 2. The van der Waals surface area contributed by atoms with Gasteiger partial charge in [0.1, 0.15) is 0 Å². The van der Waals surface area contributed by atoms with E-state index in [4.69, 9.17) is 10.5 Å². The molecular weight excluding hydrogens is 298 g/mol. The molecule has 1 amide bonds. The molecule has 0 radical (unpaired) electrons. The van der Waals surface area contributed by atoms with Gasteiger partial charge in [0.2, 0.25) is 0 Å². The van der Waals surface area contributed by atoms with Crippen molar-refractivity contribution in [2.75, 3.05) is 19.7 Å². The zero-order valence-corrected chi connectivity index (χ0v) is 11.8. The molecule has 6 heteroatoms. The lowest BCUT2D eigenvalue weighted by atomic mass is 10.1. The Morgan fingerprint density at radius 2 is 2.44 bits per heavy atom. The van der Waals surface area contributed by atoms with Gasteiger partial charge in [0.25, 0.3) is 5.91 Å². The molecule has 0 saturated carbocycles. The van der Waals surface area contributed by atoms with Crippen molar-refractivity contribution < 1.29 is 9.53 Å². The van der Waals surface area contributed by atoms with Crippen LogP contribution in [0.3, 0.4) is 0 Å². The lowest BCUT2D eigenvalue weighted by Gasteiger charge is -2.34. The van der Waals surface area contributed by atoms with Crippen molar-refractivity contribution in [2.24, 2.45) is 5.73 Å². The lowest BCUT2D eigenvalue weighted by molar-refractivity contribution is -0.0300. The lowest BCUT2D eigenvalue weighted by Crippen LogP contribution is -2.51. The van der Waals surface area contributed by atoms with Gasteiger partial charge in [-0.05, 0) is 28.9 Å². The fourth-order valence-electron chi connectivity index (χ4n) is 1.89. The summed E-state index contributed by atoms with van der Waals surface area (Å²) in [4.78, 5) is 18.1. The fourth-order valence-corrected chi connectivity index (χ4v) is 2.25. The number of morpholine rings is 1. The molecule has 1 aliphatic heterocycles. The molecular formula is C12H16BrN3O2. The van der Waals surface area contributed by atoms with Crippen molar-refractivity contribution in [1.82, 2.24) is 9.88 Å². The predicted molar refractivity (Wildman–Crippen MR) is 71.2 cm³/mol. The van der Waals surface area contributed by atoms with Crippen molar-refractivity contribution in [2.45, 2.75) is 19.1 Å². The first kappa shape index (κ1) is 13.5. The summed E-state index contributed by atoms with van der Waals surface area (Å²) in [7, 11) is 0. The van der Waals surface area contributed by atoms with Gasteiger partial charge in [-0.15, -0.1) is 0 Å². The number of amides is 1. The summed E-state index contributed by atoms with van der Waals surface area (Å²) in [6, 6.07) is 1.69. The average Bonchev–Trinajstić information content (AvgIpc) is 2.38. The number of pyridine rings is 1. The highest BCUT2D eigenvalue weighted by Crippen LogP contribution is 2.14. The van der Waals surface area contributed by atoms with Crippen LogP contribution in [-0.2, 0) is 4.74 Å². The molecule has 2 N–H and O–H groups in total. The first-order valence-corrected chi connectivity index (χ1v) is 6.64. The normalized spacial score (nSPS) is 21.7. The zero-order chi connectivity index (χ0) is 13.1. The largest absolute Gasteiger partial charge is 0.373 e. The van der Waals surface area contributed by atoms with E-state index in [-0.39, 0.29) is 18.1 Å². The second-order valence-corrected chi connectivity index (χ2v) is 5.33. The molecule has 0 aromatic carbocycles. The number of hydrogen-bond acceptors (Lipinski definition) is 4. The van der Waals surface area contributed by atoms with Gasteiger partial charge in [0.15, 0.2) is 0 Å². The second-order valence-electron chi connectivity index (χ2n) is 4.41. The summed E-state index contributed by atoms with van der Waals surface area (Å²) in [6.45, 7) is 3.54. The Labute approximate surface area is 114 Å². The van der Waals surface area contributed by atoms with Gasteiger partial charge in [-0.1, -0.05) is 0 Å². The van der Waals surface area contributed by atoms with Gasteiger partial charge < -0.3 is 15.4 Å². The van der Waals surface area contributed by atoms with Crippen LogP contribution >= 0.6 is 15.9 Å². The Hall–Kier alpha value is -0.980. The van der Waals surface area contributed by atoms with Gasteiger partial charge in [0.05, 0.1) is 18.3 Å². The summed E-state index contributed by atoms with van der Waals surface area (Å²) in [5.41, 5.74) is 6.39. The van der Waals surface area contributed by atoms with Gasteiger partial charge in [-0.3, -0.25) is 9.78 Å². The molecule has 1 fully saturated rings. The van der Waals surface area contributed by atoms with Crippen LogP contribution in [0.1, 0.15) is 17.3 Å². The van der Waals surface area contributed by atoms with Crippen LogP contribution in [0.2, 0.25) is 0 Å². The molecule has 2 rings (SSSR count). The number of rotatable bonds is 2. The summed E-state index contributed by atoms with van der Waals surface area (Å²) < 4.78 is 6.33. The summed E-state index contributed by atoms with van der Waals surface area (Å²) in [5, 5.41) is 0. The molecule has 0 spiro atoms. The van der Waals surface area contributed by atoms with Gasteiger partial charge in [0, 0.05) is 36.0 Å². The van der Waals surface area contributed by atoms with Gasteiger partial charge in [-0.25, -0.2) is 0 Å². The summed E-state index contributed by atoms with van der Waals surface area (Å²) in [6.07, 6.45) is 3.13. The number of hydrogen-bond donors (Lipinski definition) is 1. The molecule has 5 nitrogen and oxygen atoms in total. The van der Waals surface area contributed by atoms with Crippen LogP contribution in [0.25, 0.3) is 0 Å². The third-order valence-corrected chi connectivity index (χ3v) is 3.35. The van der Waals surface area contributed by atoms with Gasteiger partial charge >= 0.3 is 0 Å². The van der Waals surface area contributed by atoms with Crippen LogP contribution in [-0.4, -0.2) is 47.6 Å². The van der Waals surface area contributed by atoms with E-state index in [1.54, 1.807) is 23.4 Å². The first-order chi connectivity index (χ1) is 8.58. The molecule has 2 atom stereocenters. The van der Waals surface area contributed by atoms with Crippen molar-refractivity contribution in [3.05, 3.63) is 28.5 Å². The SMILES string of the molecule is CC(N)C1CN(C(=O)c2cncc(Br)c2)CCO1. The molecule has 18 heavy (non-hydrogen) atoms. The van der Waals surface area contributed by atoms with E-state index < -0.39 is 0 Å². The quantitative estimate of drug-likeness (QED) is 0.885. The number of halogens is 1. The maximum atomic E-state index is 12.3. The molecule has 0 aliphatic carbocycles. The molecule has 1 saturated heterocycles. The highest BCUT2D eigenvalue weighted by molar-refractivity contribution is 9.10. The van der Waals surface area contributed by atoms with E-state index in [0.29, 0.717) is 25.3 Å². The Morgan fingerprint density at radius 1 is 1.67 bits per heavy atom. The predicted octanol–water partition coefficient (Wildman–Crippen LogP) is 1.03. The summed E-state index contributed by atoms with van der Waals surface area (Å²) in [5.74, 6) is -0.0299. The van der Waals surface area contributed by atoms with Crippen molar-refractivity contribution in [3.8, 4) is 0 Å². The molecule has 2 heterocycles. The minimum Gasteiger partial charge on any atom is -0.373 e. The number of carbonyl (C=O) groups is 1. The van der Waals surface area contributed by atoms with E-state index in [1.165, 1.54) is 0 Å². The topological polar surface area (TPSA) is 68.5 Å². The fraction of sp³-hybridized carbons (Fsp3) is 0.500. The third-order valence-electron chi connectivity index (χ3n) is 2.92. The Morgan fingerprint density at radius 3 is 3.11 bits per heavy atom. The molecule has 1 aromatic heterocycles. The van der Waals surface area contributed by atoms with Crippen molar-refractivity contribution in [3.63, 3.8) is 0 Å². The van der Waals surface area contributed by atoms with E-state index in [0.717, 1.165) is 4.47 Å². The van der Waals surface area contributed by atoms with E-state index in [2.05, 4.69) is 20.9 Å². The average molecular weight is 314 g/mol. The molecule has 1 aliphatic rings. The number of ether oxygens (including phenoxy) is 1. The Bertz CT molecular complexity index is 439. The zero-order valence-electron chi connectivity index (χ0n) is 10.2. The highest BCUT2D eigenvalue weighted by atomic mass is 79.9. The van der Waals surface area contributed by atoms with Crippen LogP contribution < -0.4 is 5.73 Å². The number of aromatic nitrogens is 1.